The summed E-state index contributed by atoms with van der Waals surface area (Å²) in [4.78, 5) is 24.1. The molecule has 2 aliphatic rings. The lowest BCUT2D eigenvalue weighted by Gasteiger charge is -2.22. The molecule has 3 N–H and O–H groups in total. The van der Waals surface area contributed by atoms with Crippen molar-refractivity contribution in [3.05, 3.63) is 132 Å². The standard InChI is InChI=1S/C41H41FN6O8S/c1-4-26-13-14-34(54-16-15-43-41(50)55-24-33-31-11-7-5-9-29(31)30-10-6-8-12-32(30)33)37(19-26)57(51,52)47-39-38-35(53-3)17-27(18-36(38)56-46-39)22-48-23-28(21-45-48)20-44-40(49)25(2)42/h5-14,17-19,21,23,29,31,33H,2,4,15-16,20,22,24H2,1,3H3,(H,43,50)(H,44,49)(H,46,47). The number of ether oxygens (including phenoxy) is 3. The summed E-state index contributed by atoms with van der Waals surface area (Å²) < 4.78 is 67.7. The molecule has 2 aliphatic carbocycles. The molecule has 0 bridgehead atoms. The number of aryl methyl sites for hydroxylation is 1. The number of nitrogens with one attached hydrogen (secondary N) is 3. The number of alkyl carbamates (subject to hydrolysis) is 1. The molecule has 0 radical (unpaired) electrons. The van der Waals surface area contributed by atoms with Gasteiger partial charge in [-0.25, -0.2) is 17.6 Å². The van der Waals surface area contributed by atoms with Gasteiger partial charge >= 0.3 is 6.09 Å². The van der Waals surface area contributed by atoms with E-state index in [0.717, 1.165) is 5.56 Å². The van der Waals surface area contributed by atoms with Gasteiger partial charge < -0.3 is 29.4 Å². The van der Waals surface area contributed by atoms with Crippen molar-refractivity contribution in [2.75, 3.05) is 31.6 Å². The smallest absolute Gasteiger partial charge is 0.407 e. The number of nitrogens with zero attached hydrogens (tertiary/aromatic N) is 3. The lowest BCUT2D eigenvalue weighted by atomic mass is 9.84. The van der Waals surface area contributed by atoms with Crippen LogP contribution in [0, 0.1) is 5.92 Å². The van der Waals surface area contributed by atoms with E-state index in [4.69, 9.17) is 18.7 Å². The molecule has 0 fully saturated rings. The number of fused-ring (bicyclic) bond motifs is 4. The second-order valence-electron chi connectivity index (χ2n) is 13.6. The van der Waals surface area contributed by atoms with E-state index in [1.807, 2.05) is 31.2 Å². The molecular formula is C41H41FN6O8S. The molecule has 16 heteroatoms. The summed E-state index contributed by atoms with van der Waals surface area (Å²) in [5.74, 6) is -1.21. The normalized spacial score (nSPS) is 16.8. The third kappa shape index (κ3) is 8.55. The fourth-order valence-corrected chi connectivity index (χ4v) is 8.36. The first-order chi connectivity index (χ1) is 27.5. The second kappa shape index (κ2) is 16.8. The van der Waals surface area contributed by atoms with Crippen LogP contribution in [0.25, 0.3) is 11.0 Å². The van der Waals surface area contributed by atoms with E-state index < -0.39 is 27.9 Å². The summed E-state index contributed by atoms with van der Waals surface area (Å²) in [6.07, 6.45) is 11.6. The largest absolute Gasteiger partial charge is 0.496 e. The molecule has 2 aromatic heterocycles. The maximum absolute atomic E-state index is 13.9. The number of allylic oxidation sites excluding steroid dienone is 4. The molecule has 2 heterocycles. The van der Waals surface area contributed by atoms with Crippen LogP contribution in [0.5, 0.6) is 11.5 Å². The third-order valence-electron chi connectivity index (χ3n) is 9.91. The minimum absolute atomic E-state index is 0.0309. The average molecular weight is 797 g/mol. The van der Waals surface area contributed by atoms with Gasteiger partial charge in [-0.15, -0.1) is 0 Å². The van der Waals surface area contributed by atoms with E-state index in [-0.39, 0.29) is 72.6 Å². The Morgan fingerprint density at radius 3 is 2.60 bits per heavy atom. The van der Waals surface area contributed by atoms with E-state index in [1.165, 1.54) is 30.5 Å². The van der Waals surface area contributed by atoms with Crippen molar-refractivity contribution in [2.45, 2.75) is 43.2 Å². The van der Waals surface area contributed by atoms with Crippen molar-refractivity contribution < 1.29 is 41.1 Å². The highest BCUT2D eigenvalue weighted by atomic mass is 32.2. The molecule has 3 aromatic carbocycles. The number of benzene rings is 3. The Bertz CT molecular complexity index is 2490. The highest BCUT2D eigenvalue weighted by Gasteiger charge is 2.39. The lowest BCUT2D eigenvalue weighted by molar-refractivity contribution is -0.119. The van der Waals surface area contributed by atoms with Crippen molar-refractivity contribution in [3.8, 4) is 11.5 Å². The highest BCUT2D eigenvalue weighted by molar-refractivity contribution is 7.92. The number of aromatic nitrogens is 3. The molecule has 5 aromatic rings. The minimum Gasteiger partial charge on any atom is -0.496 e. The van der Waals surface area contributed by atoms with E-state index in [9.17, 15) is 22.4 Å². The van der Waals surface area contributed by atoms with E-state index in [1.54, 1.807) is 35.1 Å². The molecule has 2 amide bonds. The zero-order valence-corrected chi connectivity index (χ0v) is 32.1. The van der Waals surface area contributed by atoms with Gasteiger partial charge in [0.1, 0.15) is 35.0 Å². The van der Waals surface area contributed by atoms with Gasteiger partial charge in [-0.3, -0.25) is 14.2 Å². The molecule has 296 valence electrons. The highest BCUT2D eigenvalue weighted by Crippen LogP contribution is 2.49. The van der Waals surface area contributed by atoms with Gasteiger partial charge in [-0.2, -0.15) is 5.10 Å². The summed E-state index contributed by atoms with van der Waals surface area (Å²) in [5, 5.41) is 13.7. The van der Waals surface area contributed by atoms with Crippen LogP contribution in [0.3, 0.4) is 0 Å². The molecule has 0 aliphatic heterocycles. The number of halogens is 1. The zero-order chi connectivity index (χ0) is 40.1. The van der Waals surface area contributed by atoms with Gasteiger partial charge in [0.15, 0.2) is 17.2 Å². The number of hydrogen-bond acceptors (Lipinski definition) is 10. The van der Waals surface area contributed by atoms with Crippen molar-refractivity contribution in [2.24, 2.45) is 5.92 Å². The monoisotopic (exact) mass is 796 g/mol. The van der Waals surface area contributed by atoms with E-state index in [2.05, 4.69) is 56.5 Å². The first-order valence-corrected chi connectivity index (χ1v) is 19.8. The molecule has 14 nitrogen and oxygen atoms in total. The van der Waals surface area contributed by atoms with E-state index >= 15 is 0 Å². The summed E-state index contributed by atoms with van der Waals surface area (Å²) in [6, 6.07) is 16.5. The first-order valence-electron chi connectivity index (χ1n) is 18.3. The van der Waals surface area contributed by atoms with Gasteiger partial charge in [0.2, 0.25) is 0 Å². The molecule has 57 heavy (non-hydrogen) atoms. The lowest BCUT2D eigenvalue weighted by Crippen LogP contribution is -2.30. The number of carbonyl (C=O) groups is 2. The second-order valence-corrected chi connectivity index (χ2v) is 15.2. The van der Waals surface area contributed by atoms with Crippen LogP contribution >= 0.6 is 0 Å². The van der Waals surface area contributed by atoms with Crippen molar-refractivity contribution in [1.29, 1.82) is 0 Å². The Kier molecular flexibility index (Phi) is 11.4. The van der Waals surface area contributed by atoms with Gasteiger partial charge in [0, 0.05) is 30.1 Å². The number of sulfonamides is 1. The molecule has 0 spiro atoms. The Balaban J connectivity index is 0.984. The Morgan fingerprint density at radius 1 is 1.00 bits per heavy atom. The summed E-state index contributed by atoms with van der Waals surface area (Å²) in [7, 11) is -2.85. The summed E-state index contributed by atoms with van der Waals surface area (Å²) in [6.45, 7) is 5.45. The van der Waals surface area contributed by atoms with Crippen LogP contribution in [-0.2, 0) is 39.1 Å². The number of hydrogen-bond donors (Lipinski definition) is 3. The van der Waals surface area contributed by atoms with Crippen LogP contribution in [0.2, 0.25) is 0 Å². The molecule has 3 atom stereocenters. The maximum Gasteiger partial charge on any atom is 0.407 e. The summed E-state index contributed by atoms with van der Waals surface area (Å²) in [5.41, 5.74) is 4.77. The average Bonchev–Trinajstić information content (AvgIpc) is 3.93. The third-order valence-corrected chi connectivity index (χ3v) is 11.3. The van der Waals surface area contributed by atoms with Gasteiger partial charge in [0.05, 0.1) is 26.4 Å². The van der Waals surface area contributed by atoms with E-state index in [0.29, 0.717) is 28.7 Å². The van der Waals surface area contributed by atoms with Crippen molar-refractivity contribution >= 4 is 38.8 Å². The van der Waals surface area contributed by atoms with Crippen LogP contribution < -0.4 is 24.8 Å². The number of carbonyl (C=O) groups excluding carboxylic acids is 2. The fourth-order valence-electron chi connectivity index (χ4n) is 7.16. The van der Waals surface area contributed by atoms with Crippen LogP contribution in [0.15, 0.2) is 113 Å². The quantitative estimate of drug-likeness (QED) is 0.0762. The van der Waals surface area contributed by atoms with Crippen molar-refractivity contribution in [3.63, 3.8) is 0 Å². The molecule has 7 rings (SSSR count). The molecule has 3 unspecified atom stereocenters. The van der Waals surface area contributed by atoms with Gasteiger partial charge in [-0.05, 0) is 58.9 Å². The number of amides is 2. The topological polar surface area (TPSA) is 176 Å². The predicted molar refractivity (Wildman–Crippen MR) is 209 cm³/mol. The Labute approximate surface area is 328 Å². The molecule has 0 saturated heterocycles. The number of methoxy groups -OCH3 is 1. The predicted octanol–water partition coefficient (Wildman–Crippen LogP) is 6.27. The van der Waals surface area contributed by atoms with Crippen LogP contribution in [-0.4, -0.2) is 62.2 Å². The number of anilines is 1. The Hall–Kier alpha value is -6.42. The van der Waals surface area contributed by atoms with Crippen molar-refractivity contribution in [1.82, 2.24) is 25.6 Å². The SMILES string of the molecule is C=C(F)C(=O)NCc1cnn(Cc2cc(OC)c3c(NS(=O)(=O)c4cc(CC)ccc4OCCNC(=O)OCC4c5ccccc5C5C=CC=CC54)noc3c2)c1. The van der Waals surface area contributed by atoms with Gasteiger partial charge in [0.25, 0.3) is 15.9 Å². The van der Waals surface area contributed by atoms with Crippen LogP contribution in [0.1, 0.15) is 46.6 Å². The number of rotatable bonds is 16. The van der Waals surface area contributed by atoms with Crippen LogP contribution in [0.4, 0.5) is 15.0 Å². The first kappa shape index (κ1) is 38.8. The maximum atomic E-state index is 13.9. The zero-order valence-electron chi connectivity index (χ0n) is 31.2. The molecular weight excluding hydrogens is 756 g/mol. The summed E-state index contributed by atoms with van der Waals surface area (Å²) >= 11 is 0. The fraction of sp³-hybridized carbons (Fsp3) is 0.268. The minimum atomic E-state index is -4.29. The van der Waals surface area contributed by atoms with Gasteiger partial charge in [-0.1, -0.05) is 73.3 Å². The molecule has 0 saturated carbocycles. The Morgan fingerprint density at radius 2 is 1.81 bits per heavy atom.